The lowest BCUT2D eigenvalue weighted by Gasteiger charge is -2.29. The van der Waals surface area contributed by atoms with Crippen LogP contribution in [0.4, 0.5) is 17.1 Å². The van der Waals surface area contributed by atoms with Crippen molar-refractivity contribution in [3.8, 4) is 66.8 Å². The lowest BCUT2D eigenvalue weighted by Crippen LogP contribution is -2.11. The van der Waals surface area contributed by atoms with E-state index in [0.29, 0.717) is 0 Å². The fourth-order valence-electron chi connectivity index (χ4n) is 9.28. The van der Waals surface area contributed by atoms with Gasteiger partial charge in [0.25, 0.3) is 0 Å². The van der Waals surface area contributed by atoms with Crippen molar-refractivity contribution >= 4 is 38.6 Å². The van der Waals surface area contributed by atoms with Crippen molar-refractivity contribution in [2.75, 3.05) is 4.90 Å². The largest absolute Gasteiger partial charge is 0.310 e. The minimum absolute atomic E-state index is 1.08. The number of anilines is 3. The third-order valence-corrected chi connectivity index (χ3v) is 12.3. The monoisotopic (exact) mass is 801 g/mol. The van der Waals surface area contributed by atoms with E-state index in [9.17, 15) is 0 Å². The number of nitrogens with zero attached hydrogens (tertiary/aromatic N) is 1. The highest BCUT2D eigenvalue weighted by Gasteiger charge is 2.22. The molecule has 1 nitrogen and oxygen atoms in total. The van der Waals surface area contributed by atoms with Crippen LogP contribution in [0.1, 0.15) is 0 Å². The van der Waals surface area contributed by atoms with Crippen molar-refractivity contribution in [3.05, 3.63) is 261 Å². The summed E-state index contributed by atoms with van der Waals surface area (Å²) in [5, 5.41) is 4.96. The predicted octanol–water partition coefficient (Wildman–Crippen LogP) is 17.5. The fourth-order valence-corrected chi connectivity index (χ4v) is 9.28. The first-order valence-corrected chi connectivity index (χ1v) is 21.7. The van der Waals surface area contributed by atoms with Crippen molar-refractivity contribution in [1.82, 2.24) is 0 Å². The molecule has 0 aliphatic heterocycles. The van der Waals surface area contributed by atoms with Gasteiger partial charge in [0.15, 0.2) is 0 Å². The summed E-state index contributed by atoms with van der Waals surface area (Å²) in [6.45, 7) is 0. The predicted molar refractivity (Wildman–Crippen MR) is 269 cm³/mol. The van der Waals surface area contributed by atoms with Gasteiger partial charge < -0.3 is 4.90 Å². The average Bonchev–Trinajstić information content (AvgIpc) is 3.37. The second-order valence-electron chi connectivity index (χ2n) is 16.0. The molecule has 0 atom stereocenters. The second kappa shape index (κ2) is 16.7. The summed E-state index contributed by atoms with van der Waals surface area (Å²) in [5.74, 6) is 0. The normalized spacial score (nSPS) is 11.2. The van der Waals surface area contributed by atoms with Gasteiger partial charge in [-0.1, -0.05) is 224 Å². The van der Waals surface area contributed by atoms with Crippen LogP contribution in [0, 0.1) is 0 Å². The first kappa shape index (κ1) is 37.7. The van der Waals surface area contributed by atoms with Gasteiger partial charge in [0, 0.05) is 16.9 Å². The molecule has 0 saturated heterocycles. The zero-order chi connectivity index (χ0) is 42.0. The SMILES string of the molecule is c1ccc(-c2ccc(-c3ccccc3N(c3ccc(-c4cccc5ccccc45)cc3)c3cccc(-c4cccc5ccccc45)c3)c(-c3ccccc3-c3ccccc3)c2)cc1. The van der Waals surface area contributed by atoms with E-state index in [1.165, 1.54) is 77.2 Å². The first-order chi connectivity index (χ1) is 31.3. The summed E-state index contributed by atoms with van der Waals surface area (Å²) in [5.41, 5.74) is 17.5. The fraction of sp³-hybridized carbons (Fsp3) is 0. The number of hydrogen-bond acceptors (Lipinski definition) is 1. The van der Waals surface area contributed by atoms with Crippen molar-refractivity contribution in [1.29, 1.82) is 0 Å². The Bertz CT molecular complexity index is 3370. The molecule has 0 bridgehead atoms. The van der Waals surface area contributed by atoms with E-state index >= 15 is 0 Å². The molecule has 0 aliphatic rings. The smallest absolute Gasteiger partial charge is 0.0540 e. The Labute approximate surface area is 369 Å². The maximum atomic E-state index is 2.44. The van der Waals surface area contributed by atoms with Gasteiger partial charge in [-0.2, -0.15) is 0 Å². The number of rotatable bonds is 9. The topological polar surface area (TPSA) is 3.24 Å². The van der Waals surface area contributed by atoms with Crippen LogP contribution in [-0.4, -0.2) is 0 Å². The molecule has 296 valence electrons. The van der Waals surface area contributed by atoms with Crippen LogP contribution >= 0.6 is 0 Å². The van der Waals surface area contributed by atoms with Gasteiger partial charge in [0.1, 0.15) is 0 Å². The van der Waals surface area contributed by atoms with Crippen LogP contribution in [0.5, 0.6) is 0 Å². The highest BCUT2D eigenvalue weighted by molar-refractivity contribution is 6.01. The van der Waals surface area contributed by atoms with E-state index in [1.54, 1.807) is 0 Å². The Morgan fingerprint density at radius 1 is 0.206 bits per heavy atom. The van der Waals surface area contributed by atoms with E-state index in [0.717, 1.165) is 28.2 Å². The van der Waals surface area contributed by atoms with Crippen molar-refractivity contribution < 1.29 is 0 Å². The Morgan fingerprint density at radius 3 is 1.37 bits per heavy atom. The molecule has 0 saturated carbocycles. The van der Waals surface area contributed by atoms with Gasteiger partial charge in [0.2, 0.25) is 0 Å². The van der Waals surface area contributed by atoms with Gasteiger partial charge in [-0.25, -0.2) is 0 Å². The number of hydrogen-bond donors (Lipinski definition) is 0. The molecule has 0 amide bonds. The van der Waals surface area contributed by atoms with Crippen molar-refractivity contribution in [2.24, 2.45) is 0 Å². The van der Waals surface area contributed by atoms with E-state index in [1.807, 2.05) is 0 Å². The van der Waals surface area contributed by atoms with Gasteiger partial charge in [-0.05, 0) is 119 Å². The molecule has 11 rings (SSSR count). The first-order valence-electron chi connectivity index (χ1n) is 21.7. The van der Waals surface area contributed by atoms with Crippen LogP contribution < -0.4 is 4.90 Å². The van der Waals surface area contributed by atoms with Gasteiger partial charge in [0.05, 0.1) is 5.69 Å². The molecule has 11 aromatic carbocycles. The molecule has 0 aliphatic carbocycles. The van der Waals surface area contributed by atoms with Gasteiger partial charge in [-0.3, -0.25) is 0 Å². The van der Waals surface area contributed by atoms with Crippen LogP contribution in [0.15, 0.2) is 261 Å². The lowest BCUT2D eigenvalue weighted by atomic mass is 9.86. The quantitative estimate of drug-likeness (QED) is 0.141. The van der Waals surface area contributed by atoms with Crippen LogP contribution in [-0.2, 0) is 0 Å². The Kier molecular flexibility index (Phi) is 9.97. The number of benzene rings is 11. The van der Waals surface area contributed by atoms with E-state index in [-0.39, 0.29) is 0 Å². The summed E-state index contributed by atoms with van der Waals surface area (Å²) in [6.07, 6.45) is 0. The second-order valence-corrected chi connectivity index (χ2v) is 16.0. The zero-order valence-electron chi connectivity index (χ0n) is 34.8. The van der Waals surface area contributed by atoms with E-state index < -0.39 is 0 Å². The Balaban J connectivity index is 1.13. The summed E-state index contributed by atoms with van der Waals surface area (Å²) >= 11 is 0. The maximum absolute atomic E-state index is 2.44. The maximum Gasteiger partial charge on any atom is 0.0540 e. The molecular weight excluding hydrogens is 759 g/mol. The Hall–Kier alpha value is -8.26. The lowest BCUT2D eigenvalue weighted by molar-refractivity contribution is 1.28. The summed E-state index contributed by atoms with van der Waals surface area (Å²) in [4.78, 5) is 2.44. The van der Waals surface area contributed by atoms with Gasteiger partial charge in [-0.15, -0.1) is 0 Å². The molecule has 0 N–H and O–H groups in total. The van der Waals surface area contributed by atoms with E-state index in [2.05, 4.69) is 266 Å². The molecule has 0 spiro atoms. The molecule has 0 fully saturated rings. The molecule has 0 aromatic heterocycles. The van der Waals surface area contributed by atoms with Gasteiger partial charge >= 0.3 is 0 Å². The highest BCUT2D eigenvalue weighted by Crippen LogP contribution is 2.47. The molecule has 0 radical (unpaired) electrons. The molecule has 1 heteroatoms. The zero-order valence-corrected chi connectivity index (χ0v) is 34.8. The van der Waals surface area contributed by atoms with Crippen LogP contribution in [0.3, 0.4) is 0 Å². The number of para-hydroxylation sites is 1. The molecular formula is C62H43N. The average molecular weight is 802 g/mol. The molecule has 0 heterocycles. The summed E-state index contributed by atoms with van der Waals surface area (Å²) < 4.78 is 0. The van der Waals surface area contributed by atoms with Crippen LogP contribution in [0.25, 0.3) is 88.3 Å². The molecule has 0 unspecified atom stereocenters. The highest BCUT2D eigenvalue weighted by atomic mass is 15.1. The third-order valence-electron chi connectivity index (χ3n) is 12.3. The summed E-state index contributed by atoms with van der Waals surface area (Å²) in [6, 6.07) is 94.8. The van der Waals surface area contributed by atoms with Crippen molar-refractivity contribution in [3.63, 3.8) is 0 Å². The number of fused-ring (bicyclic) bond motifs is 2. The summed E-state index contributed by atoms with van der Waals surface area (Å²) in [7, 11) is 0. The molecule has 11 aromatic rings. The van der Waals surface area contributed by atoms with Crippen LogP contribution in [0.2, 0.25) is 0 Å². The van der Waals surface area contributed by atoms with E-state index in [4.69, 9.17) is 0 Å². The minimum atomic E-state index is 1.08. The third kappa shape index (κ3) is 7.26. The van der Waals surface area contributed by atoms with Crippen molar-refractivity contribution in [2.45, 2.75) is 0 Å². The minimum Gasteiger partial charge on any atom is -0.310 e. The Morgan fingerprint density at radius 2 is 0.667 bits per heavy atom. The standard InChI is InChI=1S/C62H43N/c1-3-18-44(19-4-1)49-38-41-59(61(43-49)58-31-12-11-30-56(58)45-20-5-2-6-21-45)60-32-13-14-35-62(60)63(51-39-36-48(37-40-51)55-33-16-24-46-22-7-9-28-53(46)55)52-27-15-26-50(42-52)57-34-17-25-47-23-8-10-29-54(47)57/h1-43H. The molecule has 63 heavy (non-hydrogen) atoms.